The number of amides is 2. The summed E-state index contributed by atoms with van der Waals surface area (Å²) < 4.78 is 6.19. The molecule has 1 aliphatic heterocycles. The third kappa shape index (κ3) is 4.17. The maximum atomic E-state index is 13.4. The average Bonchev–Trinajstić information content (AvgIpc) is 2.84. The van der Waals surface area contributed by atoms with E-state index in [4.69, 9.17) is 4.42 Å². The lowest BCUT2D eigenvalue weighted by atomic mass is 9.95. The molecule has 0 saturated carbocycles. The Morgan fingerprint density at radius 1 is 1.06 bits per heavy atom. The zero-order valence-electron chi connectivity index (χ0n) is 18.5. The molecule has 2 heterocycles. The minimum absolute atomic E-state index is 0.0663. The number of carbonyl (C=O) groups excluding carboxylic acids is 2. The van der Waals surface area contributed by atoms with Gasteiger partial charge in [0.15, 0.2) is 11.0 Å². The number of rotatable bonds is 5. The van der Waals surface area contributed by atoms with Crippen LogP contribution in [0.5, 0.6) is 0 Å². The number of nitrogens with zero attached hydrogens (tertiary/aromatic N) is 1. The molecule has 1 aliphatic rings. The van der Waals surface area contributed by atoms with Crippen molar-refractivity contribution < 1.29 is 14.0 Å². The van der Waals surface area contributed by atoms with Gasteiger partial charge < -0.3 is 14.6 Å². The highest BCUT2D eigenvalue weighted by atomic mass is 16.3. The average molecular weight is 433 g/mol. The molecule has 0 bridgehead atoms. The predicted octanol–water partition coefficient (Wildman–Crippen LogP) is 4.15. The number of benzene rings is 2. The highest BCUT2D eigenvalue weighted by Crippen LogP contribution is 2.28. The largest absolute Gasteiger partial charge is 0.455 e. The summed E-state index contributed by atoms with van der Waals surface area (Å²) in [6.45, 7) is 5.45. The maximum absolute atomic E-state index is 13.4. The summed E-state index contributed by atoms with van der Waals surface area (Å²) in [6.07, 6.45) is 2.16. The van der Waals surface area contributed by atoms with Crippen molar-refractivity contribution in [1.29, 1.82) is 0 Å². The van der Waals surface area contributed by atoms with Crippen molar-refractivity contribution in [2.45, 2.75) is 33.1 Å². The van der Waals surface area contributed by atoms with E-state index in [0.717, 1.165) is 12.0 Å². The molecule has 3 aromatic rings. The van der Waals surface area contributed by atoms with Gasteiger partial charge in [0.1, 0.15) is 5.76 Å². The molecule has 0 spiro atoms. The first-order valence-corrected chi connectivity index (χ1v) is 11.2. The molecule has 1 aromatic heterocycles. The summed E-state index contributed by atoms with van der Waals surface area (Å²) in [6, 6.07) is 14.6. The molecule has 0 unspecified atom stereocenters. The lowest BCUT2D eigenvalue weighted by molar-refractivity contribution is -0.126. The van der Waals surface area contributed by atoms with Crippen LogP contribution in [-0.2, 0) is 4.79 Å². The van der Waals surface area contributed by atoms with Crippen LogP contribution in [-0.4, -0.2) is 36.3 Å². The van der Waals surface area contributed by atoms with E-state index in [1.54, 1.807) is 30.0 Å². The van der Waals surface area contributed by atoms with E-state index in [0.29, 0.717) is 60.3 Å². The number of para-hydroxylation sites is 1. The number of fused-ring (bicyclic) bond motifs is 1. The van der Waals surface area contributed by atoms with Gasteiger partial charge >= 0.3 is 0 Å². The van der Waals surface area contributed by atoms with Crippen LogP contribution in [0.2, 0.25) is 0 Å². The Bertz CT molecular complexity index is 1190. The van der Waals surface area contributed by atoms with Crippen molar-refractivity contribution in [3.05, 3.63) is 69.9 Å². The number of piperidine rings is 1. The number of likely N-dealkylation sites (tertiary alicyclic amines) is 1. The maximum Gasteiger partial charge on any atom is 0.257 e. The monoisotopic (exact) mass is 432 g/mol. The first-order valence-electron chi connectivity index (χ1n) is 11.2. The smallest absolute Gasteiger partial charge is 0.257 e. The molecule has 0 radical (unpaired) electrons. The quantitative estimate of drug-likeness (QED) is 0.657. The first-order chi connectivity index (χ1) is 15.5. The SMILES string of the molecule is CCCNC(=O)C1CCN(C(=O)c2cccc3c(=O)c(C)c(-c4ccccc4)oc23)CC1. The van der Waals surface area contributed by atoms with E-state index in [1.165, 1.54) is 0 Å². The topological polar surface area (TPSA) is 79.6 Å². The van der Waals surface area contributed by atoms with E-state index in [1.807, 2.05) is 37.3 Å². The first kappa shape index (κ1) is 21.8. The molecular weight excluding hydrogens is 404 g/mol. The van der Waals surface area contributed by atoms with Gasteiger partial charge in [-0.05, 0) is 38.3 Å². The van der Waals surface area contributed by atoms with E-state index >= 15 is 0 Å². The van der Waals surface area contributed by atoms with Gasteiger partial charge in [-0.2, -0.15) is 0 Å². The fourth-order valence-corrected chi connectivity index (χ4v) is 4.25. The standard InChI is InChI=1S/C26H28N2O4/c1-3-14-27-25(30)19-12-15-28(16-13-19)26(31)21-11-7-10-20-22(29)17(2)23(32-24(20)21)18-8-5-4-6-9-18/h4-11,19H,3,12-16H2,1-2H3,(H,27,30). The third-order valence-corrected chi connectivity index (χ3v) is 6.11. The Hall–Kier alpha value is -3.41. The highest BCUT2D eigenvalue weighted by Gasteiger charge is 2.29. The van der Waals surface area contributed by atoms with Gasteiger partial charge in [0.25, 0.3) is 5.91 Å². The second-order valence-electron chi connectivity index (χ2n) is 8.29. The summed E-state index contributed by atoms with van der Waals surface area (Å²) in [5.41, 5.74) is 1.88. The van der Waals surface area contributed by atoms with Gasteiger partial charge in [0, 0.05) is 36.7 Å². The Morgan fingerprint density at radius 3 is 2.47 bits per heavy atom. The van der Waals surface area contributed by atoms with Crippen molar-refractivity contribution in [1.82, 2.24) is 10.2 Å². The van der Waals surface area contributed by atoms with Crippen LogP contribution in [0.15, 0.2) is 57.7 Å². The molecule has 0 aliphatic carbocycles. The third-order valence-electron chi connectivity index (χ3n) is 6.11. The minimum atomic E-state index is -0.172. The molecule has 1 fully saturated rings. The van der Waals surface area contributed by atoms with Crippen LogP contribution in [0.4, 0.5) is 0 Å². The van der Waals surface area contributed by atoms with Gasteiger partial charge in [0.2, 0.25) is 5.91 Å². The highest BCUT2D eigenvalue weighted by molar-refractivity contribution is 6.05. The molecular formula is C26H28N2O4. The Balaban J connectivity index is 1.64. The van der Waals surface area contributed by atoms with Crippen LogP contribution in [0, 0.1) is 12.8 Å². The molecule has 2 amide bonds. The zero-order valence-corrected chi connectivity index (χ0v) is 18.5. The van der Waals surface area contributed by atoms with E-state index in [9.17, 15) is 14.4 Å². The Labute approximate surface area is 187 Å². The van der Waals surface area contributed by atoms with Crippen LogP contribution < -0.4 is 10.7 Å². The zero-order chi connectivity index (χ0) is 22.7. The summed E-state index contributed by atoms with van der Waals surface area (Å²) >= 11 is 0. The summed E-state index contributed by atoms with van der Waals surface area (Å²) in [4.78, 5) is 40.4. The van der Waals surface area contributed by atoms with Gasteiger partial charge in [-0.25, -0.2) is 0 Å². The molecule has 4 rings (SSSR count). The molecule has 6 heteroatoms. The van der Waals surface area contributed by atoms with Crippen molar-refractivity contribution in [2.75, 3.05) is 19.6 Å². The Morgan fingerprint density at radius 2 is 1.78 bits per heavy atom. The molecule has 1 saturated heterocycles. The lowest BCUT2D eigenvalue weighted by Crippen LogP contribution is -2.43. The van der Waals surface area contributed by atoms with Crippen molar-refractivity contribution in [2.24, 2.45) is 5.92 Å². The molecule has 0 atom stereocenters. The van der Waals surface area contributed by atoms with Crippen molar-refractivity contribution in [3.63, 3.8) is 0 Å². The van der Waals surface area contributed by atoms with Crippen LogP contribution in [0.25, 0.3) is 22.3 Å². The molecule has 2 aromatic carbocycles. The summed E-state index contributed by atoms with van der Waals surface area (Å²) in [5, 5.41) is 3.35. The number of carbonyl (C=O) groups is 2. The molecule has 32 heavy (non-hydrogen) atoms. The summed E-state index contributed by atoms with van der Waals surface area (Å²) in [5.74, 6) is 0.310. The Kier molecular flexibility index (Phi) is 6.40. The second kappa shape index (κ2) is 9.39. The minimum Gasteiger partial charge on any atom is -0.455 e. The molecule has 166 valence electrons. The van der Waals surface area contributed by atoms with Crippen molar-refractivity contribution in [3.8, 4) is 11.3 Å². The molecule has 1 N–H and O–H groups in total. The van der Waals surface area contributed by atoms with Crippen LogP contribution >= 0.6 is 0 Å². The van der Waals surface area contributed by atoms with Gasteiger partial charge in [-0.1, -0.05) is 43.3 Å². The number of hydrogen-bond acceptors (Lipinski definition) is 4. The summed E-state index contributed by atoms with van der Waals surface area (Å²) in [7, 11) is 0. The van der Waals surface area contributed by atoms with Crippen LogP contribution in [0.1, 0.15) is 42.1 Å². The molecule has 6 nitrogen and oxygen atoms in total. The number of nitrogens with one attached hydrogen (secondary N) is 1. The fourth-order valence-electron chi connectivity index (χ4n) is 4.25. The number of hydrogen-bond donors (Lipinski definition) is 1. The van der Waals surface area contributed by atoms with Gasteiger partial charge in [0.05, 0.1) is 10.9 Å². The van der Waals surface area contributed by atoms with Crippen molar-refractivity contribution >= 4 is 22.8 Å². The van der Waals surface area contributed by atoms with Gasteiger partial charge in [-0.15, -0.1) is 0 Å². The normalized spacial score (nSPS) is 14.5. The van der Waals surface area contributed by atoms with E-state index < -0.39 is 0 Å². The predicted molar refractivity (Wildman–Crippen MR) is 125 cm³/mol. The lowest BCUT2D eigenvalue weighted by Gasteiger charge is -2.31. The van der Waals surface area contributed by atoms with Crippen LogP contribution in [0.3, 0.4) is 0 Å². The fraction of sp³-hybridized carbons (Fsp3) is 0.346. The van der Waals surface area contributed by atoms with Gasteiger partial charge in [-0.3, -0.25) is 14.4 Å². The second-order valence-corrected chi connectivity index (χ2v) is 8.29. The van der Waals surface area contributed by atoms with E-state index in [-0.39, 0.29) is 23.2 Å². The van der Waals surface area contributed by atoms with E-state index in [2.05, 4.69) is 5.32 Å².